The van der Waals surface area contributed by atoms with Crippen molar-refractivity contribution in [1.82, 2.24) is 4.90 Å². The maximum Gasteiger partial charge on any atom is 0.148 e. The lowest BCUT2D eigenvalue weighted by Crippen LogP contribution is -2.35. The molecule has 114 valence electrons. The van der Waals surface area contributed by atoms with Gasteiger partial charge in [-0.1, -0.05) is 42.5 Å². The zero-order valence-corrected chi connectivity index (χ0v) is 12.7. The third-order valence-corrected chi connectivity index (χ3v) is 4.12. The average Bonchev–Trinajstić information content (AvgIpc) is 2.57. The van der Waals surface area contributed by atoms with Crippen molar-refractivity contribution >= 4 is 11.4 Å². The van der Waals surface area contributed by atoms with Gasteiger partial charge < -0.3 is 4.90 Å². The highest BCUT2D eigenvalue weighted by Gasteiger charge is 2.15. The predicted octanol–water partition coefficient (Wildman–Crippen LogP) is 4.24. The number of aliphatic imine (C=N–C) groups is 1. The second-order valence-electron chi connectivity index (χ2n) is 5.71. The van der Waals surface area contributed by atoms with Crippen molar-refractivity contribution in [3.8, 4) is 0 Å². The van der Waals surface area contributed by atoms with Crippen LogP contribution in [0.4, 0.5) is 10.1 Å². The summed E-state index contributed by atoms with van der Waals surface area (Å²) in [5.41, 5.74) is 2.96. The van der Waals surface area contributed by atoms with E-state index in [-0.39, 0.29) is 5.82 Å². The summed E-state index contributed by atoms with van der Waals surface area (Å²) >= 11 is 0. The Balaban J connectivity index is 1.51. The number of hydrogen-bond acceptors (Lipinski definition) is 2. The first-order valence-electron chi connectivity index (χ1n) is 7.88. The Morgan fingerprint density at radius 1 is 0.909 bits per heavy atom. The predicted molar refractivity (Wildman–Crippen MR) is 89.3 cm³/mol. The molecule has 1 saturated heterocycles. The number of hydrogen-bond donors (Lipinski definition) is 0. The summed E-state index contributed by atoms with van der Waals surface area (Å²) in [6.45, 7) is 3.11. The van der Waals surface area contributed by atoms with Crippen LogP contribution in [0.2, 0.25) is 0 Å². The molecule has 1 aliphatic heterocycles. The van der Waals surface area contributed by atoms with Gasteiger partial charge in [0.2, 0.25) is 0 Å². The maximum atomic E-state index is 13.6. The standard InChI is InChI=1S/C19H21FN2/c20-18-8-4-5-9-19(18)21-17-11-14-22(15-12-17)13-10-16-6-2-1-3-7-16/h1-9H,10-15H2. The van der Waals surface area contributed by atoms with E-state index >= 15 is 0 Å². The van der Waals surface area contributed by atoms with Crippen LogP contribution < -0.4 is 0 Å². The van der Waals surface area contributed by atoms with Crippen molar-refractivity contribution in [2.45, 2.75) is 19.3 Å². The Labute approximate surface area is 131 Å². The summed E-state index contributed by atoms with van der Waals surface area (Å²) in [5.74, 6) is -0.235. The van der Waals surface area contributed by atoms with Crippen molar-refractivity contribution in [1.29, 1.82) is 0 Å². The molecule has 0 saturated carbocycles. The Hall–Kier alpha value is -2.00. The van der Waals surface area contributed by atoms with E-state index in [4.69, 9.17) is 0 Å². The number of nitrogens with zero attached hydrogens (tertiary/aromatic N) is 2. The molecule has 0 aromatic heterocycles. The molecule has 0 aliphatic carbocycles. The van der Waals surface area contributed by atoms with Gasteiger partial charge in [-0.3, -0.25) is 4.99 Å². The molecule has 0 amide bonds. The number of piperidine rings is 1. The molecule has 0 N–H and O–H groups in total. The SMILES string of the molecule is Fc1ccccc1N=C1CCN(CCc2ccccc2)CC1. The molecular formula is C19H21FN2. The molecule has 0 atom stereocenters. The fourth-order valence-corrected chi connectivity index (χ4v) is 2.79. The highest BCUT2D eigenvalue weighted by molar-refractivity contribution is 5.87. The first kappa shape index (κ1) is 14.9. The normalized spacial score (nSPS) is 15.8. The molecule has 3 rings (SSSR count). The summed E-state index contributed by atoms with van der Waals surface area (Å²) in [6.07, 6.45) is 2.95. The molecule has 2 aromatic rings. The van der Waals surface area contributed by atoms with Gasteiger partial charge in [0.1, 0.15) is 5.82 Å². The quantitative estimate of drug-likeness (QED) is 0.824. The topological polar surface area (TPSA) is 15.6 Å². The van der Waals surface area contributed by atoms with Gasteiger partial charge in [0.15, 0.2) is 0 Å². The monoisotopic (exact) mass is 296 g/mol. The summed E-state index contributed by atoms with van der Waals surface area (Å²) in [4.78, 5) is 6.95. The lowest BCUT2D eigenvalue weighted by Gasteiger charge is -2.27. The van der Waals surface area contributed by atoms with Gasteiger partial charge in [0.25, 0.3) is 0 Å². The van der Waals surface area contributed by atoms with Gasteiger partial charge in [-0.05, 0) is 37.0 Å². The highest BCUT2D eigenvalue weighted by Crippen LogP contribution is 2.19. The molecule has 3 heteroatoms. The Bertz CT molecular complexity index is 627. The number of halogens is 1. The minimum Gasteiger partial charge on any atom is -0.302 e. The number of para-hydroxylation sites is 1. The molecule has 1 aliphatic rings. The van der Waals surface area contributed by atoms with Crippen LogP contribution in [0.5, 0.6) is 0 Å². The number of likely N-dealkylation sites (tertiary alicyclic amines) is 1. The van der Waals surface area contributed by atoms with E-state index < -0.39 is 0 Å². The average molecular weight is 296 g/mol. The molecule has 1 heterocycles. The summed E-state index contributed by atoms with van der Waals surface area (Å²) < 4.78 is 13.6. The Morgan fingerprint density at radius 3 is 2.32 bits per heavy atom. The smallest absolute Gasteiger partial charge is 0.148 e. The van der Waals surface area contributed by atoms with Gasteiger partial charge in [-0.2, -0.15) is 0 Å². The van der Waals surface area contributed by atoms with Crippen LogP contribution >= 0.6 is 0 Å². The van der Waals surface area contributed by atoms with Crippen molar-refractivity contribution in [2.24, 2.45) is 4.99 Å². The fourth-order valence-electron chi connectivity index (χ4n) is 2.79. The van der Waals surface area contributed by atoms with Crippen molar-refractivity contribution < 1.29 is 4.39 Å². The van der Waals surface area contributed by atoms with Crippen LogP contribution in [0, 0.1) is 5.82 Å². The van der Waals surface area contributed by atoms with E-state index in [1.807, 2.05) is 6.07 Å². The van der Waals surface area contributed by atoms with Gasteiger partial charge >= 0.3 is 0 Å². The van der Waals surface area contributed by atoms with Crippen LogP contribution in [-0.2, 0) is 6.42 Å². The molecule has 22 heavy (non-hydrogen) atoms. The summed E-state index contributed by atoms with van der Waals surface area (Å²) in [6, 6.07) is 17.3. The molecule has 0 bridgehead atoms. The van der Waals surface area contributed by atoms with Crippen LogP contribution in [0.1, 0.15) is 18.4 Å². The van der Waals surface area contributed by atoms with Crippen molar-refractivity contribution in [3.63, 3.8) is 0 Å². The molecule has 1 fully saturated rings. The van der Waals surface area contributed by atoms with Crippen LogP contribution in [-0.4, -0.2) is 30.2 Å². The van der Waals surface area contributed by atoms with Gasteiger partial charge in [-0.15, -0.1) is 0 Å². The van der Waals surface area contributed by atoms with E-state index in [9.17, 15) is 4.39 Å². The van der Waals surface area contributed by atoms with E-state index in [0.29, 0.717) is 5.69 Å². The zero-order chi connectivity index (χ0) is 15.2. The maximum absolute atomic E-state index is 13.6. The van der Waals surface area contributed by atoms with Crippen LogP contribution in [0.3, 0.4) is 0 Å². The lowest BCUT2D eigenvalue weighted by atomic mass is 10.1. The van der Waals surface area contributed by atoms with E-state index in [0.717, 1.165) is 44.6 Å². The third-order valence-electron chi connectivity index (χ3n) is 4.12. The first-order valence-corrected chi connectivity index (χ1v) is 7.88. The zero-order valence-electron chi connectivity index (χ0n) is 12.7. The Kier molecular flexibility index (Phi) is 4.96. The minimum absolute atomic E-state index is 0.235. The summed E-state index contributed by atoms with van der Waals surface area (Å²) in [5, 5.41) is 0. The van der Waals surface area contributed by atoms with Gasteiger partial charge in [-0.25, -0.2) is 4.39 Å². The first-order chi connectivity index (χ1) is 10.8. The second kappa shape index (κ2) is 7.32. The van der Waals surface area contributed by atoms with E-state index in [1.54, 1.807) is 12.1 Å². The van der Waals surface area contributed by atoms with Crippen molar-refractivity contribution in [3.05, 3.63) is 66.0 Å². The molecule has 0 spiro atoms. The van der Waals surface area contributed by atoms with Crippen LogP contribution in [0.15, 0.2) is 59.6 Å². The Morgan fingerprint density at radius 2 is 1.59 bits per heavy atom. The molecular weight excluding hydrogens is 275 g/mol. The van der Waals surface area contributed by atoms with E-state index in [2.05, 4.69) is 40.2 Å². The largest absolute Gasteiger partial charge is 0.302 e. The second-order valence-corrected chi connectivity index (χ2v) is 5.71. The number of rotatable bonds is 4. The van der Waals surface area contributed by atoms with Crippen LogP contribution in [0.25, 0.3) is 0 Å². The lowest BCUT2D eigenvalue weighted by molar-refractivity contribution is 0.278. The highest BCUT2D eigenvalue weighted by atomic mass is 19.1. The molecule has 2 aromatic carbocycles. The fraction of sp³-hybridized carbons (Fsp3) is 0.316. The third kappa shape index (κ3) is 4.01. The molecule has 0 radical (unpaired) electrons. The molecule has 0 unspecified atom stereocenters. The molecule has 2 nitrogen and oxygen atoms in total. The minimum atomic E-state index is -0.235. The van der Waals surface area contributed by atoms with Crippen molar-refractivity contribution in [2.75, 3.05) is 19.6 Å². The van der Waals surface area contributed by atoms with Gasteiger partial charge in [0.05, 0.1) is 5.69 Å². The number of benzene rings is 2. The summed E-state index contributed by atoms with van der Waals surface area (Å²) in [7, 11) is 0. The van der Waals surface area contributed by atoms with E-state index in [1.165, 1.54) is 11.6 Å². The van der Waals surface area contributed by atoms with Gasteiger partial charge in [0, 0.05) is 25.3 Å².